The van der Waals surface area contributed by atoms with Crippen LogP contribution in [0.2, 0.25) is 0 Å². The molecule has 5 atom stereocenters. The van der Waals surface area contributed by atoms with Crippen molar-refractivity contribution < 1.29 is 28.2 Å². The third-order valence-corrected chi connectivity index (χ3v) is 10.1. The van der Waals surface area contributed by atoms with Crippen molar-refractivity contribution in [1.82, 2.24) is 9.55 Å². The molecule has 5 unspecified atom stereocenters. The van der Waals surface area contributed by atoms with Crippen LogP contribution in [0.5, 0.6) is 0 Å². The fraction of sp³-hybridized carbons (Fsp3) is 0.524. The van der Waals surface area contributed by atoms with Gasteiger partial charge in [-0.1, -0.05) is 51.9 Å². The van der Waals surface area contributed by atoms with E-state index in [1.165, 1.54) is 19.2 Å². The molecule has 2 aliphatic rings. The average molecular weight is 563 g/mol. The molecule has 192 valence electrons. The lowest BCUT2D eigenvalue weighted by molar-refractivity contribution is -0.0929. The first-order valence-electron chi connectivity index (χ1n) is 10.9. The highest BCUT2D eigenvalue weighted by Crippen LogP contribution is 2.58. The summed E-state index contributed by atoms with van der Waals surface area (Å²) in [6, 6.07) is 11.2. The van der Waals surface area contributed by atoms with Gasteiger partial charge in [0.1, 0.15) is 17.8 Å². The molecule has 0 spiro atoms. The van der Waals surface area contributed by atoms with Gasteiger partial charge in [0.2, 0.25) is 0 Å². The van der Waals surface area contributed by atoms with Gasteiger partial charge in [0.15, 0.2) is 6.23 Å². The monoisotopic (exact) mass is 562 g/mol. The van der Waals surface area contributed by atoms with Crippen LogP contribution >= 0.6 is 28.3 Å². The molecule has 1 aromatic carbocycles. The number of nitrogens with zero attached hydrogens (tertiary/aromatic N) is 1. The lowest BCUT2D eigenvalue weighted by Crippen LogP contribution is -2.49. The number of aliphatic hydroxyl groups is 1. The van der Waals surface area contributed by atoms with Crippen molar-refractivity contribution in [3.63, 3.8) is 0 Å². The number of fused-ring (bicyclic) bond motifs is 1. The highest BCUT2D eigenvalue weighted by atomic mass is 33.1. The van der Waals surface area contributed by atoms with Gasteiger partial charge in [-0.25, -0.2) is 4.79 Å². The number of aromatic amines is 1. The first-order valence-corrected chi connectivity index (χ1v) is 16.0. The highest BCUT2D eigenvalue weighted by Gasteiger charge is 2.59. The number of hydrogen-bond donors (Lipinski definition) is 2. The fourth-order valence-electron chi connectivity index (χ4n) is 3.71. The van der Waals surface area contributed by atoms with Crippen molar-refractivity contribution in [3.05, 3.63) is 69.0 Å². The Labute approximate surface area is 215 Å². The highest BCUT2D eigenvalue weighted by molar-refractivity contribution is 8.76. The Balaban J connectivity index is 1.19. The summed E-state index contributed by atoms with van der Waals surface area (Å²) >= 11 is 5.49. The molecule has 0 amide bonds. The predicted octanol–water partition coefficient (Wildman–Crippen LogP) is 2.44. The van der Waals surface area contributed by atoms with Gasteiger partial charge in [-0.15, -0.1) is 0 Å². The molecule has 2 aromatic rings. The minimum atomic E-state index is -3.10. The van der Waals surface area contributed by atoms with Crippen LogP contribution in [0.3, 0.4) is 0 Å². The molecule has 0 bridgehead atoms. The number of nitrogens with one attached hydrogen (secondary N) is 1. The molecule has 0 saturated carbocycles. The summed E-state index contributed by atoms with van der Waals surface area (Å²) in [6.45, 7) is 0.0275. The average Bonchev–Trinajstić information content (AvgIpc) is 3.08. The summed E-state index contributed by atoms with van der Waals surface area (Å²) in [7, 11) is 3.32. The number of ether oxygens (including phenoxy) is 2. The summed E-state index contributed by atoms with van der Waals surface area (Å²) in [4.78, 5) is 25.7. The van der Waals surface area contributed by atoms with Crippen molar-refractivity contribution in [2.24, 2.45) is 0 Å². The normalized spacial score (nSPS) is 30.3. The third kappa shape index (κ3) is 6.86. The summed E-state index contributed by atoms with van der Waals surface area (Å²) in [5, 5.41) is 11.2. The molecule has 2 aliphatic heterocycles. The number of aromatic nitrogens is 2. The van der Waals surface area contributed by atoms with Crippen LogP contribution in [-0.4, -0.2) is 63.8 Å². The second kappa shape index (κ2) is 12.0. The maximum absolute atomic E-state index is 12.2. The quantitative estimate of drug-likeness (QED) is 0.239. The van der Waals surface area contributed by atoms with E-state index in [0.717, 1.165) is 15.9 Å². The van der Waals surface area contributed by atoms with E-state index in [-0.39, 0.29) is 6.61 Å². The molecule has 4 rings (SSSR count). The Hall–Kier alpha value is -0.990. The second-order valence-corrected chi connectivity index (χ2v) is 13.7. The fourth-order valence-corrected chi connectivity index (χ4v) is 7.68. The first kappa shape index (κ1) is 27.1. The second-order valence-electron chi connectivity index (χ2n) is 8.05. The standard InChI is InChI=1S/C21H27N2O8PS3/c1-21(26)18-16(30-19(21)23-8-7-17(24)22-20(23)25)14-29-32(33,31-18)28-10-12-35-34-11-9-27-13-15-5-3-2-4-6-15/h2-8,16,18-19,26H,9-14H2,1H3,(H,22,24,25). The van der Waals surface area contributed by atoms with Crippen molar-refractivity contribution in [3.8, 4) is 0 Å². The maximum Gasteiger partial charge on any atom is 0.330 e. The smallest absolute Gasteiger partial charge is 0.330 e. The molecule has 35 heavy (non-hydrogen) atoms. The van der Waals surface area contributed by atoms with Gasteiger partial charge in [-0.2, -0.15) is 0 Å². The number of hydrogen-bond acceptors (Lipinski definition) is 11. The summed E-state index contributed by atoms with van der Waals surface area (Å²) in [6.07, 6.45) is -1.31. The van der Waals surface area contributed by atoms with E-state index in [1.807, 2.05) is 30.3 Å². The van der Waals surface area contributed by atoms with E-state index < -0.39 is 42.0 Å². The molecule has 0 radical (unpaired) electrons. The minimum Gasteiger partial charge on any atom is -0.383 e. The summed E-state index contributed by atoms with van der Waals surface area (Å²) in [5.41, 5.74) is -1.69. The molecular weight excluding hydrogens is 535 g/mol. The molecule has 3 heterocycles. The lowest BCUT2D eigenvalue weighted by atomic mass is 9.96. The minimum absolute atomic E-state index is 0.0628. The number of benzene rings is 1. The van der Waals surface area contributed by atoms with Crippen LogP contribution < -0.4 is 11.2 Å². The molecule has 0 aliphatic carbocycles. The Kier molecular flexibility index (Phi) is 9.30. The van der Waals surface area contributed by atoms with Crippen LogP contribution in [0.1, 0.15) is 18.7 Å². The van der Waals surface area contributed by atoms with E-state index in [1.54, 1.807) is 21.6 Å². The van der Waals surface area contributed by atoms with Gasteiger partial charge in [-0.05, 0) is 24.3 Å². The first-order chi connectivity index (χ1) is 16.8. The van der Waals surface area contributed by atoms with E-state index in [4.69, 9.17) is 34.9 Å². The third-order valence-electron chi connectivity index (χ3n) is 5.38. The van der Waals surface area contributed by atoms with Gasteiger partial charge < -0.3 is 23.6 Å². The molecular formula is C21H27N2O8PS3. The van der Waals surface area contributed by atoms with Crippen LogP contribution in [-0.2, 0) is 41.5 Å². The summed E-state index contributed by atoms with van der Waals surface area (Å²) in [5.74, 6) is 1.51. The zero-order valence-electron chi connectivity index (χ0n) is 18.9. The van der Waals surface area contributed by atoms with Crippen molar-refractivity contribution in [1.29, 1.82) is 0 Å². The zero-order valence-corrected chi connectivity index (χ0v) is 22.3. The van der Waals surface area contributed by atoms with Crippen LogP contribution in [0.25, 0.3) is 0 Å². The Morgan fingerprint density at radius 3 is 2.71 bits per heavy atom. The van der Waals surface area contributed by atoms with Crippen molar-refractivity contribution in [2.75, 3.05) is 31.3 Å². The van der Waals surface area contributed by atoms with E-state index in [2.05, 4.69) is 4.98 Å². The molecule has 2 N–H and O–H groups in total. The number of H-pyrrole nitrogens is 1. The largest absolute Gasteiger partial charge is 0.383 e. The maximum atomic E-state index is 12.2. The Morgan fingerprint density at radius 2 is 1.97 bits per heavy atom. The van der Waals surface area contributed by atoms with E-state index in [9.17, 15) is 14.7 Å². The van der Waals surface area contributed by atoms with Crippen LogP contribution in [0.15, 0.2) is 52.2 Å². The van der Waals surface area contributed by atoms with Gasteiger partial charge >= 0.3 is 12.4 Å². The SMILES string of the molecule is CC1(O)C2OP(=S)(OCCSSCCOCc3ccccc3)OCC2OC1n1ccc(=O)[nH]c1=O. The zero-order chi connectivity index (χ0) is 24.9. The van der Waals surface area contributed by atoms with Gasteiger partial charge in [-0.3, -0.25) is 18.9 Å². The molecule has 2 fully saturated rings. The lowest BCUT2D eigenvalue weighted by Gasteiger charge is -2.37. The molecule has 10 nitrogen and oxygen atoms in total. The molecule has 2 saturated heterocycles. The van der Waals surface area contributed by atoms with Gasteiger partial charge in [0.25, 0.3) is 5.56 Å². The Morgan fingerprint density at radius 1 is 1.23 bits per heavy atom. The molecule has 14 heteroatoms. The van der Waals surface area contributed by atoms with Crippen molar-refractivity contribution >= 4 is 40.1 Å². The topological polar surface area (TPSA) is 121 Å². The van der Waals surface area contributed by atoms with Gasteiger partial charge in [0, 0.05) is 23.8 Å². The Bertz CT molecular complexity index is 1150. The van der Waals surface area contributed by atoms with Crippen molar-refractivity contribution in [2.45, 2.75) is 37.6 Å². The van der Waals surface area contributed by atoms with E-state index in [0.29, 0.717) is 25.6 Å². The van der Waals surface area contributed by atoms with E-state index >= 15 is 0 Å². The summed E-state index contributed by atoms with van der Waals surface area (Å²) < 4.78 is 30.0. The van der Waals surface area contributed by atoms with Crippen LogP contribution in [0, 0.1) is 0 Å². The predicted molar refractivity (Wildman–Crippen MR) is 138 cm³/mol. The number of rotatable bonds is 11. The van der Waals surface area contributed by atoms with Gasteiger partial charge in [0.05, 0.1) is 26.4 Å². The molecule has 1 aromatic heterocycles. The van der Waals surface area contributed by atoms with Crippen LogP contribution in [0.4, 0.5) is 0 Å².